The van der Waals surface area contributed by atoms with Gasteiger partial charge in [-0.1, -0.05) is 42.3 Å². The van der Waals surface area contributed by atoms with E-state index in [-0.39, 0.29) is 12.6 Å². The molecule has 0 saturated carbocycles. The van der Waals surface area contributed by atoms with Crippen LogP contribution in [0.4, 0.5) is 4.79 Å². The zero-order valence-electron chi connectivity index (χ0n) is 12.5. The van der Waals surface area contributed by atoms with E-state index in [1.165, 1.54) is 0 Å². The van der Waals surface area contributed by atoms with Crippen molar-refractivity contribution in [3.63, 3.8) is 0 Å². The summed E-state index contributed by atoms with van der Waals surface area (Å²) in [5, 5.41) is 0. The summed E-state index contributed by atoms with van der Waals surface area (Å²) in [6, 6.07) is 9.43. The molecule has 1 aromatic carbocycles. The first-order valence-electron chi connectivity index (χ1n) is 7.36. The van der Waals surface area contributed by atoms with Crippen molar-refractivity contribution in [1.29, 1.82) is 0 Å². The first kappa shape index (κ1) is 15.8. The van der Waals surface area contributed by atoms with Crippen molar-refractivity contribution in [1.82, 2.24) is 4.90 Å². The molecule has 0 spiro atoms. The third kappa shape index (κ3) is 4.23. The van der Waals surface area contributed by atoms with Crippen LogP contribution < -0.4 is 0 Å². The Balaban J connectivity index is 1.98. The van der Waals surface area contributed by atoms with Crippen LogP contribution in [0.5, 0.6) is 0 Å². The number of rotatable bonds is 5. The van der Waals surface area contributed by atoms with Crippen molar-refractivity contribution in [2.24, 2.45) is 0 Å². The maximum Gasteiger partial charge on any atom is 0.417 e. The van der Waals surface area contributed by atoms with Crippen molar-refractivity contribution >= 4 is 12.0 Å². The molecule has 4 heteroatoms. The van der Waals surface area contributed by atoms with Gasteiger partial charge < -0.3 is 4.74 Å². The minimum absolute atomic E-state index is 0.220. The fourth-order valence-electron chi connectivity index (χ4n) is 2.28. The highest BCUT2D eigenvalue weighted by atomic mass is 16.6. The van der Waals surface area contributed by atoms with Crippen LogP contribution in [0.2, 0.25) is 0 Å². The molecule has 0 aromatic heterocycles. The minimum atomic E-state index is -0.605. The Bertz CT molecular complexity index is 598. The number of ether oxygens (including phenoxy) is 1. The second-order valence-electron chi connectivity index (χ2n) is 5.08. The summed E-state index contributed by atoms with van der Waals surface area (Å²) < 4.78 is 5.00. The van der Waals surface area contributed by atoms with E-state index in [9.17, 15) is 9.59 Å². The maximum atomic E-state index is 12.1. The highest BCUT2D eigenvalue weighted by Crippen LogP contribution is 2.17. The molecule has 0 unspecified atom stereocenters. The van der Waals surface area contributed by atoms with Gasteiger partial charge in [-0.05, 0) is 30.7 Å². The first-order valence-corrected chi connectivity index (χ1v) is 7.36. The van der Waals surface area contributed by atoms with E-state index in [2.05, 4.69) is 18.4 Å². The summed E-state index contributed by atoms with van der Waals surface area (Å²) in [7, 11) is 0. The predicted molar refractivity (Wildman–Crippen MR) is 84.0 cm³/mol. The monoisotopic (exact) mass is 297 g/mol. The van der Waals surface area contributed by atoms with Crippen LogP contribution >= 0.6 is 0 Å². The van der Waals surface area contributed by atoms with Crippen LogP contribution in [0, 0.1) is 11.8 Å². The van der Waals surface area contributed by atoms with Crippen LogP contribution in [0.3, 0.4) is 0 Å². The molecule has 1 saturated heterocycles. The van der Waals surface area contributed by atoms with Gasteiger partial charge in [-0.15, -0.1) is 6.58 Å². The zero-order chi connectivity index (χ0) is 15.8. The van der Waals surface area contributed by atoms with E-state index in [0.717, 1.165) is 23.3 Å². The molecule has 2 rings (SSSR count). The van der Waals surface area contributed by atoms with Crippen molar-refractivity contribution < 1.29 is 14.3 Å². The Morgan fingerprint density at radius 3 is 2.91 bits per heavy atom. The summed E-state index contributed by atoms with van der Waals surface area (Å²) in [5.41, 5.74) is 1.06. The standard InChI is InChI=1S/C18H19NO3/c1-2-3-4-5-9-12-17(20)19-16(14-22-18(19)21)13-15-10-7-6-8-11-15/h2,6-8,10-11,16H,1,3-5,13-14H2/t16-/m0/s1. The molecule has 4 nitrogen and oxygen atoms in total. The Labute approximate surface area is 130 Å². The topological polar surface area (TPSA) is 46.6 Å². The largest absolute Gasteiger partial charge is 0.447 e. The normalized spacial score (nSPS) is 16.6. The van der Waals surface area contributed by atoms with Crippen molar-refractivity contribution in [2.75, 3.05) is 6.61 Å². The Hall–Kier alpha value is -2.54. The van der Waals surface area contributed by atoms with Gasteiger partial charge in [0.2, 0.25) is 0 Å². The van der Waals surface area contributed by atoms with Gasteiger partial charge in [0.25, 0.3) is 0 Å². The van der Waals surface area contributed by atoms with Gasteiger partial charge >= 0.3 is 12.0 Å². The van der Waals surface area contributed by atoms with E-state index < -0.39 is 12.0 Å². The lowest BCUT2D eigenvalue weighted by molar-refractivity contribution is -0.123. The number of benzene rings is 1. The Morgan fingerprint density at radius 2 is 2.18 bits per heavy atom. The van der Waals surface area contributed by atoms with Crippen molar-refractivity contribution in [2.45, 2.75) is 31.7 Å². The fourth-order valence-corrected chi connectivity index (χ4v) is 2.28. The van der Waals surface area contributed by atoms with Crippen LogP contribution in [0.25, 0.3) is 0 Å². The average Bonchev–Trinajstić information content (AvgIpc) is 2.88. The second-order valence-corrected chi connectivity index (χ2v) is 5.08. The molecular formula is C18H19NO3. The number of amides is 2. The number of unbranched alkanes of at least 4 members (excludes halogenated alkanes) is 2. The third-order valence-electron chi connectivity index (χ3n) is 3.40. The lowest BCUT2D eigenvalue weighted by Crippen LogP contribution is -2.39. The molecule has 0 radical (unpaired) electrons. The first-order chi connectivity index (χ1) is 10.7. The van der Waals surface area contributed by atoms with Crippen molar-refractivity contribution in [3.05, 3.63) is 48.6 Å². The molecule has 0 bridgehead atoms. The summed E-state index contributed by atoms with van der Waals surface area (Å²) in [5.74, 6) is 4.85. The number of cyclic esters (lactones) is 1. The molecule has 22 heavy (non-hydrogen) atoms. The number of carbonyl (C=O) groups is 2. The number of carbonyl (C=O) groups excluding carboxylic acids is 2. The minimum Gasteiger partial charge on any atom is -0.447 e. The van der Waals surface area contributed by atoms with Crippen LogP contribution in [0.1, 0.15) is 24.8 Å². The lowest BCUT2D eigenvalue weighted by Gasteiger charge is -2.16. The second kappa shape index (κ2) is 8.04. The average molecular weight is 297 g/mol. The molecule has 1 aliphatic heterocycles. The molecule has 1 aliphatic rings. The smallest absolute Gasteiger partial charge is 0.417 e. The van der Waals surface area contributed by atoms with E-state index in [1.54, 1.807) is 0 Å². The van der Waals surface area contributed by atoms with E-state index >= 15 is 0 Å². The zero-order valence-corrected chi connectivity index (χ0v) is 12.5. The number of hydrogen-bond donors (Lipinski definition) is 0. The summed E-state index contributed by atoms with van der Waals surface area (Å²) in [6.07, 6.45) is 4.14. The van der Waals surface area contributed by atoms with Gasteiger partial charge in [-0.3, -0.25) is 4.79 Å². The van der Waals surface area contributed by atoms with Crippen molar-refractivity contribution in [3.8, 4) is 11.8 Å². The van der Waals surface area contributed by atoms with E-state index in [4.69, 9.17) is 4.74 Å². The molecule has 1 heterocycles. The van der Waals surface area contributed by atoms with Gasteiger partial charge in [0.15, 0.2) is 0 Å². The van der Waals surface area contributed by atoms with Gasteiger partial charge in [0.1, 0.15) is 6.61 Å². The van der Waals surface area contributed by atoms with Gasteiger partial charge in [-0.25, -0.2) is 9.69 Å². The van der Waals surface area contributed by atoms with Crippen LogP contribution in [0.15, 0.2) is 43.0 Å². The number of nitrogens with zero attached hydrogens (tertiary/aromatic N) is 1. The van der Waals surface area contributed by atoms with Gasteiger partial charge in [0, 0.05) is 6.42 Å². The number of allylic oxidation sites excluding steroid dienone is 1. The summed E-state index contributed by atoms with van der Waals surface area (Å²) >= 11 is 0. The third-order valence-corrected chi connectivity index (χ3v) is 3.40. The molecule has 1 fully saturated rings. The van der Waals surface area contributed by atoms with Gasteiger partial charge in [-0.2, -0.15) is 0 Å². The molecule has 114 valence electrons. The SMILES string of the molecule is C=CCCCC#CC(=O)N1C(=O)OC[C@@H]1Cc1ccccc1. The van der Waals surface area contributed by atoms with E-state index in [1.807, 2.05) is 36.4 Å². The van der Waals surface area contributed by atoms with E-state index in [0.29, 0.717) is 12.8 Å². The van der Waals surface area contributed by atoms with Crippen LogP contribution in [-0.4, -0.2) is 29.5 Å². The van der Waals surface area contributed by atoms with Gasteiger partial charge in [0.05, 0.1) is 6.04 Å². The molecule has 0 N–H and O–H groups in total. The number of imide groups is 1. The van der Waals surface area contributed by atoms with Crippen LogP contribution in [-0.2, 0) is 16.0 Å². The molecule has 0 aliphatic carbocycles. The highest BCUT2D eigenvalue weighted by molar-refractivity contribution is 6.03. The molecular weight excluding hydrogens is 278 g/mol. The maximum absolute atomic E-state index is 12.1. The molecule has 2 amide bonds. The Morgan fingerprint density at radius 1 is 1.41 bits per heavy atom. The quantitative estimate of drug-likeness (QED) is 0.477. The summed E-state index contributed by atoms with van der Waals surface area (Å²) in [6.45, 7) is 3.85. The molecule has 1 atom stereocenters. The fraction of sp³-hybridized carbons (Fsp3) is 0.333. The number of hydrogen-bond acceptors (Lipinski definition) is 3. The highest BCUT2D eigenvalue weighted by Gasteiger charge is 2.37. The predicted octanol–water partition coefficient (Wildman–Crippen LogP) is 2.94. The molecule has 1 aromatic rings. The Kier molecular flexibility index (Phi) is 5.79. The summed E-state index contributed by atoms with van der Waals surface area (Å²) in [4.78, 5) is 25.0. The lowest BCUT2D eigenvalue weighted by atomic mass is 10.1.